The van der Waals surface area contributed by atoms with E-state index in [1.165, 1.54) is 0 Å². The van der Waals surface area contributed by atoms with Crippen molar-refractivity contribution in [2.24, 2.45) is 5.84 Å². The molecule has 3 nitrogen and oxygen atoms in total. The van der Waals surface area contributed by atoms with E-state index in [2.05, 4.69) is 5.43 Å². The summed E-state index contributed by atoms with van der Waals surface area (Å²) < 4.78 is 0. The van der Waals surface area contributed by atoms with Gasteiger partial charge in [-0.3, -0.25) is 10.2 Å². The number of nitrogens with one attached hydrogen (secondary N) is 1. The number of nitrogens with two attached hydrogens (primary N) is 1. The maximum Gasteiger partial charge on any atom is 0.245 e. The molecule has 2 rings (SSSR count). The Balaban J connectivity index is 2.28. The summed E-state index contributed by atoms with van der Waals surface area (Å²) in [6, 6.07) is 3.96. The molecule has 0 aromatic carbocycles. The van der Waals surface area contributed by atoms with Crippen LogP contribution in [-0.2, 0) is 10.2 Å². The molecule has 0 aliphatic heterocycles. The van der Waals surface area contributed by atoms with Crippen LogP contribution >= 0.6 is 11.3 Å². The van der Waals surface area contributed by atoms with Gasteiger partial charge in [0.15, 0.2) is 0 Å². The van der Waals surface area contributed by atoms with Gasteiger partial charge in [0.25, 0.3) is 0 Å². The zero-order valence-electron chi connectivity index (χ0n) is 6.54. The van der Waals surface area contributed by atoms with Crippen molar-refractivity contribution in [3.63, 3.8) is 0 Å². The highest BCUT2D eigenvalue weighted by atomic mass is 32.1. The molecule has 0 unspecified atom stereocenters. The van der Waals surface area contributed by atoms with Gasteiger partial charge in [0.05, 0.1) is 5.41 Å². The lowest BCUT2D eigenvalue weighted by molar-refractivity contribution is -0.123. The second-order valence-corrected chi connectivity index (χ2v) is 3.98. The Morgan fingerprint density at radius 3 is 2.83 bits per heavy atom. The monoisotopic (exact) mass is 182 g/mol. The van der Waals surface area contributed by atoms with Crippen LogP contribution in [0.3, 0.4) is 0 Å². The van der Waals surface area contributed by atoms with Crippen molar-refractivity contribution < 1.29 is 4.79 Å². The minimum absolute atomic E-state index is 0.0510. The first-order valence-electron chi connectivity index (χ1n) is 3.85. The summed E-state index contributed by atoms with van der Waals surface area (Å²) in [6.07, 6.45) is 1.85. The topological polar surface area (TPSA) is 55.1 Å². The Morgan fingerprint density at radius 1 is 1.67 bits per heavy atom. The molecule has 1 saturated carbocycles. The molecule has 0 atom stereocenters. The summed E-state index contributed by atoms with van der Waals surface area (Å²) in [5.41, 5.74) is 1.95. The molecule has 1 aliphatic rings. The second kappa shape index (κ2) is 2.57. The maximum absolute atomic E-state index is 11.4. The van der Waals surface area contributed by atoms with Crippen molar-refractivity contribution >= 4 is 17.2 Å². The molecular weight excluding hydrogens is 172 g/mol. The molecule has 0 spiro atoms. The molecule has 64 valence electrons. The van der Waals surface area contributed by atoms with Crippen LogP contribution in [0, 0.1) is 0 Å². The van der Waals surface area contributed by atoms with Gasteiger partial charge in [-0.15, -0.1) is 11.3 Å². The molecule has 12 heavy (non-hydrogen) atoms. The van der Waals surface area contributed by atoms with Gasteiger partial charge in [0.2, 0.25) is 5.91 Å². The van der Waals surface area contributed by atoms with Gasteiger partial charge in [-0.05, 0) is 24.3 Å². The third-order valence-electron chi connectivity index (χ3n) is 2.31. The van der Waals surface area contributed by atoms with Crippen molar-refractivity contribution in [3.05, 3.63) is 22.4 Å². The number of thiophene rings is 1. The van der Waals surface area contributed by atoms with Gasteiger partial charge in [-0.2, -0.15) is 0 Å². The average Bonchev–Trinajstić information content (AvgIpc) is 2.73. The zero-order valence-corrected chi connectivity index (χ0v) is 7.36. The maximum atomic E-state index is 11.4. The van der Waals surface area contributed by atoms with E-state index in [4.69, 9.17) is 5.84 Å². The fraction of sp³-hybridized carbons (Fsp3) is 0.375. The Labute approximate surface area is 74.5 Å². The van der Waals surface area contributed by atoms with Crippen molar-refractivity contribution in [1.82, 2.24) is 5.43 Å². The Bertz CT molecular complexity index is 290. The molecule has 1 heterocycles. The highest BCUT2D eigenvalue weighted by molar-refractivity contribution is 7.10. The number of carbonyl (C=O) groups is 1. The summed E-state index contributed by atoms with van der Waals surface area (Å²) in [7, 11) is 0. The van der Waals surface area contributed by atoms with E-state index in [9.17, 15) is 4.79 Å². The Kier molecular flexibility index (Phi) is 1.66. The fourth-order valence-electron chi connectivity index (χ4n) is 1.40. The van der Waals surface area contributed by atoms with Crippen LogP contribution in [0.1, 0.15) is 17.7 Å². The predicted molar refractivity (Wildman–Crippen MR) is 47.6 cm³/mol. The van der Waals surface area contributed by atoms with Gasteiger partial charge in [0.1, 0.15) is 0 Å². The normalized spacial score (nSPS) is 18.8. The number of hydrogen-bond donors (Lipinski definition) is 2. The zero-order chi connectivity index (χ0) is 8.60. The lowest BCUT2D eigenvalue weighted by Crippen LogP contribution is -2.38. The number of hydrogen-bond acceptors (Lipinski definition) is 3. The number of amides is 1. The summed E-state index contributed by atoms with van der Waals surface area (Å²) in [6.45, 7) is 0. The molecule has 4 heteroatoms. The third kappa shape index (κ3) is 0.956. The van der Waals surface area contributed by atoms with E-state index >= 15 is 0 Å². The van der Waals surface area contributed by atoms with Gasteiger partial charge in [-0.25, -0.2) is 5.84 Å². The standard InChI is InChI=1S/C8H10N2OS/c9-10-7(11)8(3-4-8)6-2-1-5-12-6/h1-2,5H,3-4,9H2,(H,10,11). The van der Waals surface area contributed by atoms with Crippen LogP contribution in [0.4, 0.5) is 0 Å². The Hall–Kier alpha value is -0.870. The van der Waals surface area contributed by atoms with E-state index in [0.717, 1.165) is 17.7 Å². The molecule has 3 N–H and O–H groups in total. The molecule has 0 radical (unpaired) electrons. The van der Waals surface area contributed by atoms with Gasteiger partial charge < -0.3 is 0 Å². The minimum Gasteiger partial charge on any atom is -0.293 e. The van der Waals surface area contributed by atoms with E-state index in [-0.39, 0.29) is 11.3 Å². The number of hydrazine groups is 1. The summed E-state index contributed by atoms with van der Waals surface area (Å²) in [5, 5.41) is 1.99. The molecule has 0 bridgehead atoms. The van der Waals surface area contributed by atoms with Gasteiger partial charge in [-0.1, -0.05) is 6.07 Å². The quantitative estimate of drug-likeness (QED) is 0.403. The van der Waals surface area contributed by atoms with Crippen LogP contribution in [0.25, 0.3) is 0 Å². The van der Waals surface area contributed by atoms with E-state index in [1.54, 1.807) is 11.3 Å². The van der Waals surface area contributed by atoms with Gasteiger partial charge >= 0.3 is 0 Å². The summed E-state index contributed by atoms with van der Waals surface area (Å²) in [4.78, 5) is 12.5. The fourth-order valence-corrected chi connectivity index (χ4v) is 2.38. The highest BCUT2D eigenvalue weighted by Crippen LogP contribution is 2.49. The first-order valence-corrected chi connectivity index (χ1v) is 4.72. The second-order valence-electron chi connectivity index (χ2n) is 3.03. The van der Waals surface area contributed by atoms with Gasteiger partial charge in [0, 0.05) is 4.88 Å². The summed E-state index contributed by atoms with van der Waals surface area (Å²) >= 11 is 1.62. The van der Waals surface area contributed by atoms with Crippen LogP contribution < -0.4 is 11.3 Å². The largest absolute Gasteiger partial charge is 0.293 e. The predicted octanol–water partition coefficient (Wildman–Crippen LogP) is 0.770. The van der Waals surface area contributed by atoms with E-state index < -0.39 is 0 Å². The lowest BCUT2D eigenvalue weighted by atomic mass is 10.1. The third-order valence-corrected chi connectivity index (χ3v) is 3.38. The number of rotatable bonds is 2. The smallest absolute Gasteiger partial charge is 0.245 e. The molecule has 0 saturated heterocycles. The molecule has 1 aromatic heterocycles. The van der Waals surface area contributed by atoms with Crippen molar-refractivity contribution in [3.8, 4) is 0 Å². The highest BCUT2D eigenvalue weighted by Gasteiger charge is 2.51. The lowest BCUT2D eigenvalue weighted by Gasteiger charge is -2.09. The van der Waals surface area contributed by atoms with Crippen molar-refractivity contribution in [2.75, 3.05) is 0 Å². The molecule has 1 fully saturated rings. The Morgan fingerprint density at radius 2 is 2.42 bits per heavy atom. The first kappa shape index (κ1) is 7.76. The van der Waals surface area contributed by atoms with E-state index in [0.29, 0.717) is 0 Å². The van der Waals surface area contributed by atoms with Crippen molar-refractivity contribution in [1.29, 1.82) is 0 Å². The molecule has 1 aliphatic carbocycles. The SMILES string of the molecule is NNC(=O)C1(c2cccs2)CC1. The summed E-state index contributed by atoms with van der Waals surface area (Å²) in [5.74, 6) is 5.06. The molecular formula is C8H10N2OS. The minimum atomic E-state index is -0.275. The molecule has 1 aromatic rings. The van der Waals surface area contributed by atoms with Crippen LogP contribution in [0.2, 0.25) is 0 Å². The average molecular weight is 182 g/mol. The van der Waals surface area contributed by atoms with E-state index in [1.807, 2.05) is 17.5 Å². The van der Waals surface area contributed by atoms with Crippen molar-refractivity contribution in [2.45, 2.75) is 18.3 Å². The molecule has 1 amide bonds. The number of carbonyl (C=O) groups excluding carboxylic acids is 1. The van der Waals surface area contributed by atoms with Crippen LogP contribution in [-0.4, -0.2) is 5.91 Å². The van der Waals surface area contributed by atoms with Crippen LogP contribution in [0.15, 0.2) is 17.5 Å². The first-order chi connectivity index (χ1) is 5.79. The van der Waals surface area contributed by atoms with Crippen LogP contribution in [0.5, 0.6) is 0 Å².